The lowest BCUT2D eigenvalue weighted by atomic mass is 9.99. The predicted octanol–water partition coefficient (Wildman–Crippen LogP) is 3.50. The van der Waals surface area contributed by atoms with Crippen LogP contribution in [0.3, 0.4) is 0 Å². The maximum absolute atomic E-state index is 6.05. The van der Waals surface area contributed by atoms with Gasteiger partial charge in [0.2, 0.25) is 0 Å². The SMILES string of the molecule is Cc1ncc(CN2CCc3ccc(OCc4ccccc4)cc3C2)c(N)n1. The summed E-state index contributed by atoms with van der Waals surface area (Å²) in [5.41, 5.74) is 10.9. The smallest absolute Gasteiger partial charge is 0.131 e. The van der Waals surface area contributed by atoms with Crippen LogP contribution in [0.4, 0.5) is 5.82 Å². The Morgan fingerprint density at radius 2 is 1.96 bits per heavy atom. The third-order valence-electron chi connectivity index (χ3n) is 4.93. The Labute approximate surface area is 159 Å². The summed E-state index contributed by atoms with van der Waals surface area (Å²) in [6.45, 7) is 5.09. The molecular weight excluding hydrogens is 336 g/mol. The summed E-state index contributed by atoms with van der Waals surface area (Å²) in [7, 11) is 0. The van der Waals surface area contributed by atoms with Gasteiger partial charge in [0.1, 0.15) is 24.0 Å². The second-order valence-corrected chi connectivity index (χ2v) is 6.99. The van der Waals surface area contributed by atoms with Crippen molar-refractivity contribution in [1.82, 2.24) is 14.9 Å². The molecule has 0 fully saturated rings. The number of ether oxygens (including phenoxy) is 1. The zero-order chi connectivity index (χ0) is 18.6. The second-order valence-electron chi connectivity index (χ2n) is 6.99. The Morgan fingerprint density at radius 1 is 1.11 bits per heavy atom. The van der Waals surface area contributed by atoms with Crippen molar-refractivity contribution < 1.29 is 4.74 Å². The molecule has 1 aliphatic rings. The molecule has 0 spiro atoms. The molecule has 0 radical (unpaired) electrons. The summed E-state index contributed by atoms with van der Waals surface area (Å²) in [6, 6.07) is 16.7. The first-order valence-corrected chi connectivity index (χ1v) is 9.26. The van der Waals surface area contributed by atoms with E-state index in [9.17, 15) is 0 Å². The van der Waals surface area contributed by atoms with Crippen molar-refractivity contribution in [2.75, 3.05) is 12.3 Å². The minimum absolute atomic E-state index is 0.577. The van der Waals surface area contributed by atoms with Gasteiger partial charge in [0.25, 0.3) is 0 Å². The van der Waals surface area contributed by atoms with Gasteiger partial charge in [0.15, 0.2) is 0 Å². The van der Waals surface area contributed by atoms with Crippen LogP contribution in [0.2, 0.25) is 0 Å². The van der Waals surface area contributed by atoms with Crippen LogP contribution in [0.25, 0.3) is 0 Å². The third-order valence-corrected chi connectivity index (χ3v) is 4.93. The summed E-state index contributed by atoms with van der Waals surface area (Å²) >= 11 is 0. The molecule has 4 rings (SSSR count). The van der Waals surface area contributed by atoms with Crippen LogP contribution in [0.1, 0.15) is 28.1 Å². The van der Waals surface area contributed by atoms with Gasteiger partial charge in [-0.25, -0.2) is 9.97 Å². The lowest BCUT2D eigenvalue weighted by molar-refractivity contribution is 0.244. The van der Waals surface area contributed by atoms with E-state index in [1.165, 1.54) is 16.7 Å². The van der Waals surface area contributed by atoms with Crippen LogP contribution in [0.5, 0.6) is 5.75 Å². The van der Waals surface area contributed by atoms with Crippen LogP contribution in [-0.4, -0.2) is 21.4 Å². The lowest BCUT2D eigenvalue weighted by Crippen LogP contribution is -2.30. The number of rotatable bonds is 5. The Balaban J connectivity index is 1.43. The summed E-state index contributed by atoms with van der Waals surface area (Å²) in [5, 5.41) is 0. The minimum atomic E-state index is 0.577. The molecule has 2 heterocycles. The molecule has 0 aliphatic carbocycles. The summed E-state index contributed by atoms with van der Waals surface area (Å²) in [4.78, 5) is 10.9. The van der Waals surface area contributed by atoms with Gasteiger partial charge < -0.3 is 10.5 Å². The van der Waals surface area contributed by atoms with Gasteiger partial charge in [0.05, 0.1) is 0 Å². The van der Waals surface area contributed by atoms with E-state index in [-0.39, 0.29) is 0 Å². The highest BCUT2D eigenvalue weighted by atomic mass is 16.5. The van der Waals surface area contributed by atoms with E-state index in [2.05, 4.69) is 45.2 Å². The fourth-order valence-corrected chi connectivity index (χ4v) is 3.43. The molecule has 0 saturated carbocycles. The van der Waals surface area contributed by atoms with Crippen molar-refractivity contribution in [3.8, 4) is 5.75 Å². The summed E-state index contributed by atoms with van der Waals surface area (Å²) in [5.74, 6) is 2.20. The molecule has 0 unspecified atom stereocenters. The molecular formula is C22H24N4O. The molecule has 0 amide bonds. The fraction of sp³-hybridized carbons (Fsp3) is 0.273. The molecule has 5 nitrogen and oxygen atoms in total. The monoisotopic (exact) mass is 360 g/mol. The number of aryl methyl sites for hydroxylation is 1. The predicted molar refractivity (Wildman–Crippen MR) is 106 cm³/mol. The standard InChI is InChI=1S/C22H24N4O/c1-16-24-12-20(22(23)25-16)14-26-10-9-18-7-8-21(11-19(18)13-26)27-15-17-5-3-2-4-6-17/h2-8,11-12H,9-10,13-15H2,1H3,(H2,23,24,25). The van der Waals surface area contributed by atoms with Gasteiger partial charge in [-0.3, -0.25) is 4.90 Å². The number of fused-ring (bicyclic) bond motifs is 1. The molecule has 0 bridgehead atoms. The Hall–Kier alpha value is -2.92. The van der Waals surface area contributed by atoms with Crippen molar-refractivity contribution in [3.63, 3.8) is 0 Å². The highest BCUT2D eigenvalue weighted by Gasteiger charge is 2.18. The van der Waals surface area contributed by atoms with Crippen LogP contribution in [-0.2, 0) is 26.1 Å². The topological polar surface area (TPSA) is 64.3 Å². The second kappa shape index (κ2) is 7.76. The van der Waals surface area contributed by atoms with Gasteiger partial charge in [-0.05, 0) is 42.2 Å². The number of nitrogen functional groups attached to an aromatic ring is 1. The average molecular weight is 360 g/mol. The minimum Gasteiger partial charge on any atom is -0.489 e. The van der Waals surface area contributed by atoms with Crippen molar-refractivity contribution in [3.05, 3.63) is 82.8 Å². The fourth-order valence-electron chi connectivity index (χ4n) is 3.43. The van der Waals surface area contributed by atoms with E-state index in [1.807, 2.05) is 31.3 Å². The van der Waals surface area contributed by atoms with E-state index >= 15 is 0 Å². The van der Waals surface area contributed by atoms with Gasteiger partial charge >= 0.3 is 0 Å². The first-order chi connectivity index (χ1) is 13.2. The van der Waals surface area contributed by atoms with E-state index in [4.69, 9.17) is 10.5 Å². The van der Waals surface area contributed by atoms with Crippen molar-refractivity contribution in [2.24, 2.45) is 0 Å². The largest absolute Gasteiger partial charge is 0.489 e. The highest BCUT2D eigenvalue weighted by molar-refractivity contribution is 5.39. The van der Waals surface area contributed by atoms with Gasteiger partial charge in [0, 0.05) is 31.4 Å². The van der Waals surface area contributed by atoms with Gasteiger partial charge in [-0.15, -0.1) is 0 Å². The van der Waals surface area contributed by atoms with Gasteiger partial charge in [-0.2, -0.15) is 0 Å². The Kier molecular flexibility index (Phi) is 5.03. The zero-order valence-electron chi connectivity index (χ0n) is 15.6. The van der Waals surface area contributed by atoms with Crippen molar-refractivity contribution in [1.29, 1.82) is 0 Å². The highest BCUT2D eigenvalue weighted by Crippen LogP contribution is 2.26. The number of anilines is 1. The van der Waals surface area contributed by atoms with Crippen molar-refractivity contribution >= 4 is 5.82 Å². The zero-order valence-corrected chi connectivity index (χ0v) is 15.6. The molecule has 0 atom stereocenters. The van der Waals surface area contributed by atoms with E-state index < -0.39 is 0 Å². The van der Waals surface area contributed by atoms with E-state index in [0.717, 1.165) is 37.4 Å². The number of nitrogens with zero attached hydrogens (tertiary/aromatic N) is 3. The molecule has 3 aromatic rings. The quantitative estimate of drug-likeness (QED) is 0.754. The third kappa shape index (κ3) is 4.26. The molecule has 138 valence electrons. The van der Waals surface area contributed by atoms with Crippen LogP contribution >= 0.6 is 0 Å². The van der Waals surface area contributed by atoms with Crippen LogP contribution in [0.15, 0.2) is 54.7 Å². The first-order valence-electron chi connectivity index (χ1n) is 9.26. The maximum atomic E-state index is 6.05. The molecule has 1 aromatic heterocycles. The molecule has 0 saturated heterocycles. The normalized spacial score (nSPS) is 14.0. The van der Waals surface area contributed by atoms with Crippen LogP contribution < -0.4 is 10.5 Å². The first kappa shape index (κ1) is 17.5. The number of benzene rings is 2. The molecule has 2 aromatic carbocycles. The number of hydrogen-bond acceptors (Lipinski definition) is 5. The average Bonchev–Trinajstić information content (AvgIpc) is 2.69. The van der Waals surface area contributed by atoms with Crippen molar-refractivity contribution in [2.45, 2.75) is 33.0 Å². The number of hydrogen-bond donors (Lipinski definition) is 1. The van der Waals surface area contributed by atoms with Crippen LogP contribution in [0, 0.1) is 6.92 Å². The Morgan fingerprint density at radius 3 is 2.78 bits per heavy atom. The lowest BCUT2D eigenvalue weighted by Gasteiger charge is -2.29. The molecule has 2 N–H and O–H groups in total. The molecule has 27 heavy (non-hydrogen) atoms. The molecule has 5 heteroatoms. The van der Waals surface area contributed by atoms with E-state index in [0.29, 0.717) is 18.2 Å². The summed E-state index contributed by atoms with van der Waals surface area (Å²) in [6.07, 6.45) is 2.87. The number of aromatic nitrogens is 2. The summed E-state index contributed by atoms with van der Waals surface area (Å²) < 4.78 is 5.99. The van der Waals surface area contributed by atoms with Gasteiger partial charge in [-0.1, -0.05) is 36.4 Å². The number of nitrogens with two attached hydrogens (primary N) is 1. The Bertz CT molecular complexity index is 927. The molecule has 1 aliphatic heterocycles. The van der Waals surface area contributed by atoms with E-state index in [1.54, 1.807) is 0 Å². The maximum Gasteiger partial charge on any atom is 0.131 e.